The number of benzene rings is 3. The van der Waals surface area contributed by atoms with Crippen LogP contribution < -0.4 is 15.1 Å². The highest BCUT2D eigenvalue weighted by Gasteiger charge is 2.28. The summed E-state index contributed by atoms with van der Waals surface area (Å²) in [6, 6.07) is 4.95. The minimum absolute atomic E-state index is 0.0985. The second-order valence-corrected chi connectivity index (χ2v) is 13.2. The molecule has 53 heavy (non-hydrogen) atoms. The molecular formula is C37H41F7N4O5. The summed E-state index contributed by atoms with van der Waals surface area (Å²) in [4.78, 5) is 49.9. The Morgan fingerprint density at radius 3 is 1.28 bits per heavy atom. The van der Waals surface area contributed by atoms with Gasteiger partial charge in [0.1, 0.15) is 34.7 Å². The zero-order valence-electron chi connectivity index (χ0n) is 30.1. The Hall–Kier alpha value is -4.99. The average Bonchev–Trinajstić information content (AvgIpc) is 3.08. The fraction of sp³-hybridized carbons (Fsp3) is 0.405. The van der Waals surface area contributed by atoms with E-state index in [2.05, 4.69) is 5.32 Å². The zero-order chi connectivity index (χ0) is 39.8. The van der Waals surface area contributed by atoms with Crippen molar-refractivity contribution < 1.29 is 54.6 Å². The quantitative estimate of drug-likeness (QED) is 0.167. The Balaban J connectivity index is 0.000000228. The van der Waals surface area contributed by atoms with Crippen molar-refractivity contribution in [3.8, 4) is 0 Å². The van der Waals surface area contributed by atoms with E-state index in [0.29, 0.717) is 51.4 Å². The molecule has 0 aliphatic carbocycles. The minimum atomic E-state index is -1.29. The number of piperazine rings is 2. The molecule has 3 aromatic carbocycles. The largest absolute Gasteiger partial charge is 0.444 e. The lowest BCUT2D eigenvalue weighted by molar-refractivity contribution is 0.0240. The third kappa shape index (κ3) is 11.8. The normalized spacial score (nSPS) is 14.4. The molecular weight excluding hydrogens is 713 g/mol. The molecule has 0 spiro atoms. The molecule has 0 unspecified atom stereocenters. The van der Waals surface area contributed by atoms with E-state index in [1.807, 2.05) is 0 Å². The van der Waals surface area contributed by atoms with E-state index in [1.54, 1.807) is 35.5 Å². The summed E-state index contributed by atoms with van der Waals surface area (Å²) in [7, 11) is 0. The summed E-state index contributed by atoms with van der Waals surface area (Å²) < 4.78 is 98.2. The van der Waals surface area contributed by atoms with Gasteiger partial charge in [0.05, 0.1) is 28.1 Å². The van der Waals surface area contributed by atoms with Crippen LogP contribution in [-0.4, -0.2) is 86.3 Å². The zero-order valence-corrected chi connectivity index (χ0v) is 30.1. The lowest BCUT2D eigenvalue weighted by Crippen LogP contribution is -2.50. The number of rotatable bonds is 5. The van der Waals surface area contributed by atoms with E-state index < -0.39 is 75.3 Å². The van der Waals surface area contributed by atoms with Gasteiger partial charge >= 0.3 is 6.09 Å². The molecule has 2 heterocycles. The van der Waals surface area contributed by atoms with Crippen LogP contribution in [0.5, 0.6) is 0 Å². The molecule has 16 heteroatoms. The Morgan fingerprint density at radius 1 is 0.528 bits per heavy atom. The average molecular weight is 755 g/mol. The van der Waals surface area contributed by atoms with E-state index in [1.165, 1.54) is 13.8 Å². The molecule has 2 fully saturated rings. The first-order valence-corrected chi connectivity index (χ1v) is 16.5. The van der Waals surface area contributed by atoms with Crippen molar-refractivity contribution in [1.29, 1.82) is 0 Å². The van der Waals surface area contributed by atoms with Gasteiger partial charge in [-0.3, -0.25) is 14.4 Å². The van der Waals surface area contributed by atoms with Gasteiger partial charge in [-0.2, -0.15) is 0 Å². The fourth-order valence-corrected chi connectivity index (χ4v) is 5.25. The van der Waals surface area contributed by atoms with Crippen LogP contribution in [0.25, 0.3) is 0 Å². The third-order valence-electron chi connectivity index (χ3n) is 7.95. The first-order valence-electron chi connectivity index (χ1n) is 16.5. The maximum absolute atomic E-state index is 14.2. The van der Waals surface area contributed by atoms with Crippen LogP contribution in [-0.2, 0) is 4.74 Å². The molecule has 1 N–H and O–H groups in total. The maximum atomic E-state index is 14.2. The lowest BCUT2D eigenvalue weighted by Gasteiger charge is -2.36. The molecule has 3 aromatic rings. The number of carbonyl (C=O) groups is 4. The maximum Gasteiger partial charge on any atom is 0.410 e. The van der Waals surface area contributed by atoms with Crippen molar-refractivity contribution in [2.45, 2.75) is 47.1 Å². The molecule has 0 aromatic heterocycles. The molecule has 2 saturated heterocycles. The SMILES string of the molecule is CC(=O)c1cc(F)c(F)cc1F.CC(=O)c1cc(F)c(N2CCN(C(=O)OC(C)(C)C)CC2)cc1F.CC(=O)c1cc(F)c(N2CCNCC2)cc1F. The summed E-state index contributed by atoms with van der Waals surface area (Å²) >= 11 is 0. The molecule has 2 aliphatic heterocycles. The Morgan fingerprint density at radius 2 is 0.887 bits per heavy atom. The van der Waals surface area contributed by atoms with Gasteiger partial charge < -0.3 is 24.8 Å². The number of ketones is 3. The lowest BCUT2D eigenvalue weighted by atomic mass is 10.1. The summed E-state index contributed by atoms with van der Waals surface area (Å²) in [5.41, 5.74) is -1.14. The van der Waals surface area contributed by atoms with Gasteiger partial charge in [0, 0.05) is 70.6 Å². The van der Waals surface area contributed by atoms with Gasteiger partial charge in [0.2, 0.25) is 0 Å². The van der Waals surface area contributed by atoms with Crippen LogP contribution in [0.4, 0.5) is 46.9 Å². The molecule has 0 saturated carbocycles. The second-order valence-electron chi connectivity index (χ2n) is 13.2. The van der Waals surface area contributed by atoms with Gasteiger partial charge in [0.25, 0.3) is 0 Å². The predicted molar refractivity (Wildman–Crippen MR) is 184 cm³/mol. The molecule has 1 amide bonds. The van der Waals surface area contributed by atoms with Crippen LogP contribution >= 0.6 is 0 Å². The van der Waals surface area contributed by atoms with Crippen molar-refractivity contribution in [2.75, 3.05) is 62.2 Å². The number of hydrogen-bond acceptors (Lipinski definition) is 8. The van der Waals surface area contributed by atoms with Crippen molar-refractivity contribution in [1.82, 2.24) is 10.2 Å². The molecule has 5 rings (SSSR count). The number of hydrogen-bond donors (Lipinski definition) is 1. The second kappa shape index (κ2) is 18.2. The summed E-state index contributed by atoms with van der Waals surface area (Å²) in [6.07, 6.45) is -0.416. The van der Waals surface area contributed by atoms with E-state index >= 15 is 0 Å². The molecule has 2 aliphatic rings. The number of carbonyl (C=O) groups excluding carboxylic acids is 4. The highest BCUT2D eigenvalue weighted by molar-refractivity contribution is 5.95. The number of halogens is 7. The van der Waals surface area contributed by atoms with Crippen molar-refractivity contribution in [3.05, 3.63) is 93.8 Å². The van der Waals surface area contributed by atoms with Crippen LogP contribution in [0.3, 0.4) is 0 Å². The van der Waals surface area contributed by atoms with Crippen LogP contribution in [0.15, 0.2) is 36.4 Å². The molecule has 9 nitrogen and oxygen atoms in total. The fourth-order valence-electron chi connectivity index (χ4n) is 5.25. The van der Waals surface area contributed by atoms with E-state index in [0.717, 1.165) is 44.3 Å². The Bertz CT molecular complexity index is 1840. The van der Waals surface area contributed by atoms with Crippen LogP contribution in [0.1, 0.15) is 72.6 Å². The van der Waals surface area contributed by atoms with E-state index in [-0.39, 0.29) is 22.5 Å². The van der Waals surface area contributed by atoms with Crippen LogP contribution in [0, 0.1) is 40.7 Å². The van der Waals surface area contributed by atoms with Crippen LogP contribution in [0.2, 0.25) is 0 Å². The monoisotopic (exact) mass is 754 g/mol. The Labute approximate surface area is 302 Å². The van der Waals surface area contributed by atoms with Gasteiger partial charge in [0.15, 0.2) is 29.0 Å². The first-order chi connectivity index (χ1) is 24.7. The molecule has 0 bridgehead atoms. The predicted octanol–water partition coefficient (Wildman–Crippen LogP) is 7.11. The highest BCUT2D eigenvalue weighted by Crippen LogP contribution is 2.26. The van der Waals surface area contributed by atoms with Gasteiger partial charge in [-0.25, -0.2) is 35.5 Å². The summed E-state index contributed by atoms with van der Waals surface area (Å²) in [5, 5.41) is 3.14. The molecule has 0 radical (unpaired) electrons. The number of nitrogens with one attached hydrogen (secondary N) is 1. The van der Waals surface area contributed by atoms with Gasteiger partial charge in [-0.05, 0) is 59.7 Å². The number of ether oxygens (including phenoxy) is 1. The van der Waals surface area contributed by atoms with Crippen molar-refractivity contribution in [3.63, 3.8) is 0 Å². The van der Waals surface area contributed by atoms with Crippen molar-refractivity contribution >= 4 is 34.8 Å². The van der Waals surface area contributed by atoms with E-state index in [4.69, 9.17) is 4.74 Å². The number of amides is 1. The number of Topliss-reactive ketones (excluding diaryl/α,β-unsaturated/α-hetero) is 3. The third-order valence-corrected chi connectivity index (χ3v) is 7.95. The first kappa shape index (κ1) is 42.4. The Kier molecular flexibility index (Phi) is 14.5. The highest BCUT2D eigenvalue weighted by atomic mass is 19.2. The summed E-state index contributed by atoms with van der Waals surface area (Å²) in [6.45, 7) is 13.0. The number of anilines is 2. The van der Waals surface area contributed by atoms with E-state index in [9.17, 15) is 49.9 Å². The molecule has 288 valence electrons. The summed E-state index contributed by atoms with van der Waals surface area (Å²) in [5.74, 6) is -7.76. The standard InChI is InChI=1S/C17H22F2N2O3.C12H14F2N2O.C8H5F3O/c1-11(22)12-9-14(19)15(10-13(12)18)20-5-7-21(8-6-20)16(23)24-17(2,3)4;1-8(17)9-6-11(14)12(7-10(9)13)16-4-2-15-3-5-16;1-4(12)5-2-7(10)8(11)3-6(5)9/h9-10H,5-8H2,1-4H3;6-7,15H,2-5H2,1H3;2-3H,1H3. The smallest absolute Gasteiger partial charge is 0.410 e. The van der Waals surface area contributed by atoms with Gasteiger partial charge in [-0.15, -0.1) is 0 Å². The topological polar surface area (TPSA) is 99.3 Å². The van der Waals surface area contributed by atoms with Crippen molar-refractivity contribution in [2.24, 2.45) is 0 Å². The minimum Gasteiger partial charge on any atom is -0.444 e. The number of nitrogens with zero attached hydrogens (tertiary/aromatic N) is 3. The van der Waals surface area contributed by atoms with Gasteiger partial charge in [-0.1, -0.05) is 0 Å². The molecule has 0 atom stereocenters.